The van der Waals surface area contributed by atoms with Crippen LogP contribution in [0.3, 0.4) is 0 Å². The molecule has 0 amide bonds. The lowest BCUT2D eigenvalue weighted by molar-refractivity contribution is -0.120. The molecule has 0 aliphatic heterocycles. The van der Waals surface area contributed by atoms with Crippen molar-refractivity contribution in [2.45, 2.75) is 45.6 Å². The maximum absolute atomic E-state index is 11.4. The van der Waals surface area contributed by atoms with Crippen molar-refractivity contribution in [2.24, 2.45) is 5.73 Å². The average molecular weight is 235 g/mol. The minimum absolute atomic E-state index is 0.0249. The van der Waals surface area contributed by atoms with Gasteiger partial charge in [0.25, 0.3) is 0 Å². The monoisotopic (exact) mass is 235 g/mol. The molecule has 0 rings (SSSR count). The first-order valence-corrected chi connectivity index (χ1v) is 7.23. The molecule has 1 atom stereocenters. The molecule has 4 nitrogen and oxygen atoms in total. The summed E-state index contributed by atoms with van der Waals surface area (Å²) in [6.07, 6.45) is 2.23. The van der Waals surface area contributed by atoms with Crippen LogP contribution in [0.1, 0.15) is 39.5 Å². The quantitative estimate of drug-likeness (QED) is 0.678. The highest BCUT2D eigenvalue weighted by Gasteiger charge is 2.14. The maximum atomic E-state index is 11.4. The second-order valence-electron chi connectivity index (χ2n) is 3.70. The molecule has 0 saturated carbocycles. The number of carbonyl (C=O) groups is 1. The van der Waals surface area contributed by atoms with Crippen molar-refractivity contribution in [1.82, 2.24) is 0 Å². The Kier molecular flexibility index (Phi) is 6.76. The van der Waals surface area contributed by atoms with Gasteiger partial charge in [0, 0.05) is 12.2 Å². The van der Waals surface area contributed by atoms with Gasteiger partial charge in [-0.05, 0) is 12.8 Å². The van der Waals surface area contributed by atoms with E-state index < -0.39 is 15.9 Å². The van der Waals surface area contributed by atoms with Gasteiger partial charge in [-0.25, -0.2) is 8.42 Å². The summed E-state index contributed by atoms with van der Waals surface area (Å²) in [4.78, 5) is 11.4. The van der Waals surface area contributed by atoms with Crippen molar-refractivity contribution in [3.8, 4) is 0 Å². The molecule has 0 aliphatic carbocycles. The standard InChI is InChI=1S/C10H21NO3S/c1-3-6-9(11)10(12)7-5-8-15(13,14)4-2/h9H,3-8,11H2,1-2H3. The molecule has 0 radical (unpaired) electrons. The lowest BCUT2D eigenvalue weighted by Crippen LogP contribution is -2.30. The van der Waals surface area contributed by atoms with Crippen LogP contribution >= 0.6 is 0 Å². The molecule has 0 fully saturated rings. The molecule has 1 unspecified atom stereocenters. The molecule has 0 saturated heterocycles. The predicted octanol–water partition coefficient (Wildman–Crippen LogP) is 0.898. The number of hydrogen-bond donors (Lipinski definition) is 1. The van der Waals surface area contributed by atoms with Gasteiger partial charge >= 0.3 is 0 Å². The molecule has 15 heavy (non-hydrogen) atoms. The highest BCUT2D eigenvalue weighted by atomic mass is 32.2. The molecule has 90 valence electrons. The zero-order valence-corrected chi connectivity index (χ0v) is 10.3. The SMILES string of the molecule is CCCC(N)C(=O)CCCS(=O)(=O)CC. The van der Waals surface area contributed by atoms with Crippen LogP contribution in [0, 0.1) is 0 Å². The van der Waals surface area contributed by atoms with Gasteiger partial charge in [-0.15, -0.1) is 0 Å². The van der Waals surface area contributed by atoms with E-state index in [9.17, 15) is 13.2 Å². The summed E-state index contributed by atoms with van der Waals surface area (Å²) in [6, 6.07) is -0.417. The van der Waals surface area contributed by atoms with E-state index in [4.69, 9.17) is 5.73 Å². The van der Waals surface area contributed by atoms with Crippen molar-refractivity contribution < 1.29 is 13.2 Å². The van der Waals surface area contributed by atoms with Crippen molar-refractivity contribution >= 4 is 15.6 Å². The fourth-order valence-corrected chi connectivity index (χ4v) is 2.14. The molecule has 0 aromatic rings. The summed E-state index contributed by atoms with van der Waals surface area (Å²) < 4.78 is 22.3. The third-order valence-electron chi connectivity index (χ3n) is 2.33. The summed E-state index contributed by atoms with van der Waals surface area (Å²) >= 11 is 0. The van der Waals surface area contributed by atoms with Crippen LogP contribution in [-0.4, -0.2) is 31.7 Å². The number of Topliss-reactive ketones (excluding diaryl/α,β-unsaturated/α-hetero) is 1. The van der Waals surface area contributed by atoms with Crippen LogP contribution < -0.4 is 5.73 Å². The molecule has 5 heteroatoms. The number of sulfone groups is 1. The topological polar surface area (TPSA) is 77.2 Å². The van der Waals surface area contributed by atoms with E-state index in [1.807, 2.05) is 6.92 Å². The Balaban J connectivity index is 3.82. The van der Waals surface area contributed by atoms with E-state index >= 15 is 0 Å². The number of carbonyl (C=O) groups excluding carboxylic acids is 1. The third kappa shape index (κ3) is 6.62. The largest absolute Gasteiger partial charge is 0.322 e. The first kappa shape index (κ1) is 14.6. The second kappa shape index (κ2) is 6.95. The van der Waals surface area contributed by atoms with E-state index in [1.54, 1.807) is 6.92 Å². The Labute approximate surface area is 92.2 Å². The lowest BCUT2D eigenvalue weighted by atomic mass is 10.1. The molecular formula is C10H21NO3S. The molecule has 0 bridgehead atoms. The Hall–Kier alpha value is -0.420. The number of nitrogens with two attached hydrogens (primary N) is 1. The van der Waals surface area contributed by atoms with Gasteiger partial charge in [0.2, 0.25) is 0 Å². The van der Waals surface area contributed by atoms with Gasteiger partial charge in [0.1, 0.15) is 15.6 Å². The zero-order valence-electron chi connectivity index (χ0n) is 9.53. The van der Waals surface area contributed by atoms with E-state index in [-0.39, 0.29) is 23.7 Å². The maximum Gasteiger partial charge on any atom is 0.150 e. The van der Waals surface area contributed by atoms with Crippen molar-refractivity contribution in [3.05, 3.63) is 0 Å². The summed E-state index contributed by atoms with van der Waals surface area (Å²) in [6.45, 7) is 3.58. The van der Waals surface area contributed by atoms with E-state index in [0.29, 0.717) is 12.8 Å². The fraction of sp³-hybridized carbons (Fsp3) is 0.900. The summed E-state index contributed by atoms with van der Waals surface area (Å²) in [5.74, 6) is 0.208. The third-order valence-corrected chi connectivity index (χ3v) is 4.12. The Morgan fingerprint density at radius 1 is 1.33 bits per heavy atom. The second-order valence-corrected chi connectivity index (χ2v) is 6.17. The first-order valence-electron chi connectivity index (χ1n) is 5.41. The Morgan fingerprint density at radius 3 is 2.40 bits per heavy atom. The smallest absolute Gasteiger partial charge is 0.150 e. The van der Waals surface area contributed by atoms with Crippen molar-refractivity contribution in [1.29, 1.82) is 0 Å². The van der Waals surface area contributed by atoms with Crippen LogP contribution in [0.25, 0.3) is 0 Å². The van der Waals surface area contributed by atoms with Gasteiger partial charge in [-0.3, -0.25) is 4.79 Å². The van der Waals surface area contributed by atoms with Gasteiger partial charge in [-0.1, -0.05) is 20.3 Å². The fourth-order valence-electron chi connectivity index (χ4n) is 1.27. The highest BCUT2D eigenvalue weighted by molar-refractivity contribution is 7.91. The Bertz CT molecular complexity index is 285. The number of ketones is 1. The van der Waals surface area contributed by atoms with Gasteiger partial charge in [0.05, 0.1) is 11.8 Å². The minimum Gasteiger partial charge on any atom is -0.322 e. The predicted molar refractivity (Wildman–Crippen MR) is 61.5 cm³/mol. The van der Waals surface area contributed by atoms with Crippen LogP contribution in [0.4, 0.5) is 0 Å². The van der Waals surface area contributed by atoms with Crippen LogP contribution in [0.5, 0.6) is 0 Å². The normalized spacial score (nSPS) is 13.8. The highest BCUT2D eigenvalue weighted by Crippen LogP contribution is 2.03. The molecular weight excluding hydrogens is 214 g/mol. The molecule has 0 aromatic heterocycles. The summed E-state index contributed by atoms with van der Waals surface area (Å²) in [7, 11) is -2.95. The van der Waals surface area contributed by atoms with Gasteiger partial charge in [0.15, 0.2) is 0 Å². The number of rotatable bonds is 8. The van der Waals surface area contributed by atoms with Crippen molar-refractivity contribution in [2.75, 3.05) is 11.5 Å². The average Bonchev–Trinajstić information content (AvgIpc) is 2.18. The zero-order chi connectivity index (χ0) is 11.9. The molecule has 0 aliphatic rings. The molecule has 2 N–H and O–H groups in total. The van der Waals surface area contributed by atoms with Crippen LogP contribution in [0.15, 0.2) is 0 Å². The van der Waals surface area contributed by atoms with Crippen LogP contribution in [0.2, 0.25) is 0 Å². The van der Waals surface area contributed by atoms with Gasteiger partial charge < -0.3 is 5.73 Å². The molecule has 0 aromatic carbocycles. The summed E-state index contributed by atoms with van der Waals surface area (Å²) in [5, 5.41) is 0. The van der Waals surface area contributed by atoms with Crippen molar-refractivity contribution in [3.63, 3.8) is 0 Å². The minimum atomic E-state index is -2.95. The lowest BCUT2D eigenvalue weighted by Gasteiger charge is -2.08. The van der Waals surface area contributed by atoms with E-state index in [2.05, 4.69) is 0 Å². The number of hydrogen-bond acceptors (Lipinski definition) is 4. The van der Waals surface area contributed by atoms with E-state index in [0.717, 1.165) is 6.42 Å². The Morgan fingerprint density at radius 2 is 1.93 bits per heavy atom. The van der Waals surface area contributed by atoms with Gasteiger partial charge in [-0.2, -0.15) is 0 Å². The molecule has 0 heterocycles. The van der Waals surface area contributed by atoms with E-state index in [1.165, 1.54) is 0 Å². The first-order chi connectivity index (χ1) is 6.93. The van der Waals surface area contributed by atoms with Crippen LogP contribution in [-0.2, 0) is 14.6 Å². The summed E-state index contributed by atoms with van der Waals surface area (Å²) in [5.41, 5.74) is 5.61. The molecule has 0 spiro atoms.